The summed E-state index contributed by atoms with van der Waals surface area (Å²) in [4.78, 5) is 0. The Hall–Kier alpha value is 0.230. The van der Waals surface area contributed by atoms with Crippen molar-refractivity contribution < 1.29 is 4.74 Å². The van der Waals surface area contributed by atoms with Crippen LogP contribution in [0.4, 0.5) is 0 Å². The van der Waals surface area contributed by atoms with Crippen LogP contribution in [0, 0.1) is 0 Å². The van der Waals surface area contributed by atoms with Gasteiger partial charge >= 0.3 is 0 Å². The molecule has 1 atom stereocenters. The maximum atomic E-state index is 5.43. The van der Waals surface area contributed by atoms with E-state index in [1.807, 2.05) is 13.8 Å². The third kappa shape index (κ3) is 3.75. The number of hydrogen-bond donors (Lipinski definition) is 2. The molecule has 0 aromatic heterocycles. The minimum atomic E-state index is -0.264. The standard InChI is InChI=1S/C5H14N2OS/c1-3-7(6)5(9)8-4-2/h5,9H,3-4,6H2,1-2H3. The molecule has 0 spiro atoms. The van der Waals surface area contributed by atoms with Gasteiger partial charge < -0.3 is 4.74 Å². The summed E-state index contributed by atoms with van der Waals surface area (Å²) in [6.07, 6.45) is 0. The van der Waals surface area contributed by atoms with Gasteiger partial charge in [0.2, 0.25) is 0 Å². The number of nitrogens with two attached hydrogens (primary N) is 1. The normalized spacial score (nSPS) is 14.3. The predicted molar refractivity (Wildman–Crippen MR) is 41.0 cm³/mol. The zero-order chi connectivity index (χ0) is 7.28. The van der Waals surface area contributed by atoms with Crippen molar-refractivity contribution in [2.75, 3.05) is 13.2 Å². The molecule has 0 aromatic rings. The third-order valence-electron chi connectivity index (χ3n) is 0.965. The van der Waals surface area contributed by atoms with E-state index in [2.05, 4.69) is 12.6 Å². The van der Waals surface area contributed by atoms with E-state index in [0.29, 0.717) is 6.61 Å². The van der Waals surface area contributed by atoms with Crippen LogP contribution >= 0.6 is 12.6 Å². The molecule has 0 bridgehead atoms. The first-order valence-corrected chi connectivity index (χ1v) is 3.55. The molecule has 0 aromatic carbocycles. The summed E-state index contributed by atoms with van der Waals surface area (Å²) in [5.41, 5.74) is -0.264. The Balaban J connectivity index is 3.32. The van der Waals surface area contributed by atoms with Crippen molar-refractivity contribution in [2.24, 2.45) is 5.84 Å². The Kier molecular flexibility index (Phi) is 5.18. The zero-order valence-corrected chi connectivity index (χ0v) is 6.77. The smallest absolute Gasteiger partial charge is 0.167 e. The van der Waals surface area contributed by atoms with Gasteiger partial charge in [0.1, 0.15) is 0 Å². The van der Waals surface area contributed by atoms with Crippen LogP contribution in [0.15, 0.2) is 0 Å². The van der Waals surface area contributed by atoms with E-state index in [-0.39, 0.29) is 5.56 Å². The summed E-state index contributed by atoms with van der Waals surface area (Å²) in [7, 11) is 0. The summed E-state index contributed by atoms with van der Waals surface area (Å²) < 4.78 is 5.06. The topological polar surface area (TPSA) is 38.5 Å². The van der Waals surface area contributed by atoms with Crippen LogP contribution in [0.1, 0.15) is 13.8 Å². The van der Waals surface area contributed by atoms with E-state index < -0.39 is 0 Å². The summed E-state index contributed by atoms with van der Waals surface area (Å²) >= 11 is 4.06. The molecule has 3 nitrogen and oxygen atoms in total. The van der Waals surface area contributed by atoms with Crippen molar-refractivity contribution in [2.45, 2.75) is 19.4 Å². The van der Waals surface area contributed by atoms with Gasteiger partial charge in [-0.2, -0.15) is 0 Å². The molecular formula is C5H14N2OS. The molecule has 0 fully saturated rings. The van der Waals surface area contributed by atoms with Gasteiger partial charge in [-0.15, -0.1) is 12.6 Å². The molecule has 0 aliphatic heterocycles. The summed E-state index contributed by atoms with van der Waals surface area (Å²) in [6, 6.07) is 0. The van der Waals surface area contributed by atoms with Crippen LogP contribution in [-0.4, -0.2) is 23.7 Å². The van der Waals surface area contributed by atoms with Crippen molar-refractivity contribution in [1.29, 1.82) is 0 Å². The Morgan fingerprint density at radius 2 is 2.22 bits per heavy atom. The predicted octanol–water partition coefficient (Wildman–Crippen LogP) is 0.432. The SMILES string of the molecule is CCOC(S)N(N)CC. The lowest BCUT2D eigenvalue weighted by Crippen LogP contribution is -2.39. The first-order chi connectivity index (χ1) is 4.22. The second kappa shape index (κ2) is 5.05. The van der Waals surface area contributed by atoms with E-state index in [0.717, 1.165) is 6.54 Å². The molecule has 0 saturated carbocycles. The van der Waals surface area contributed by atoms with Crippen molar-refractivity contribution >= 4 is 12.6 Å². The van der Waals surface area contributed by atoms with Crippen LogP contribution in [0.3, 0.4) is 0 Å². The minimum Gasteiger partial charge on any atom is -0.353 e. The Morgan fingerprint density at radius 3 is 2.56 bits per heavy atom. The largest absolute Gasteiger partial charge is 0.353 e. The molecule has 0 amide bonds. The lowest BCUT2D eigenvalue weighted by molar-refractivity contribution is 0.0112. The maximum absolute atomic E-state index is 5.43. The molecule has 0 radical (unpaired) electrons. The van der Waals surface area contributed by atoms with Crippen LogP contribution < -0.4 is 5.84 Å². The average molecular weight is 150 g/mol. The highest BCUT2D eigenvalue weighted by Crippen LogP contribution is 1.98. The fourth-order valence-electron chi connectivity index (χ4n) is 0.401. The number of hydrazine groups is 1. The first-order valence-electron chi connectivity index (χ1n) is 3.03. The number of rotatable bonds is 4. The van der Waals surface area contributed by atoms with E-state index in [4.69, 9.17) is 10.6 Å². The van der Waals surface area contributed by atoms with Crippen LogP contribution in [-0.2, 0) is 4.74 Å². The monoisotopic (exact) mass is 150 g/mol. The second-order valence-electron chi connectivity index (χ2n) is 1.61. The fourth-order valence-corrected chi connectivity index (χ4v) is 0.713. The van der Waals surface area contributed by atoms with Gasteiger partial charge in [-0.25, -0.2) is 5.01 Å². The van der Waals surface area contributed by atoms with Gasteiger partial charge in [0.15, 0.2) is 5.56 Å². The molecule has 9 heavy (non-hydrogen) atoms. The molecule has 0 aliphatic carbocycles. The molecular weight excluding hydrogens is 136 g/mol. The van der Waals surface area contributed by atoms with Gasteiger partial charge in [0.05, 0.1) is 0 Å². The highest BCUT2D eigenvalue weighted by molar-refractivity contribution is 7.80. The lowest BCUT2D eigenvalue weighted by atomic mass is 10.7. The molecule has 0 saturated heterocycles. The maximum Gasteiger partial charge on any atom is 0.167 e. The highest BCUT2D eigenvalue weighted by Gasteiger charge is 2.05. The molecule has 1 unspecified atom stereocenters. The second-order valence-corrected chi connectivity index (χ2v) is 2.05. The first kappa shape index (κ1) is 9.23. The van der Waals surface area contributed by atoms with Crippen LogP contribution in [0.25, 0.3) is 0 Å². The fraction of sp³-hybridized carbons (Fsp3) is 1.00. The average Bonchev–Trinajstić information content (AvgIpc) is 1.87. The van der Waals surface area contributed by atoms with Crippen LogP contribution in [0.5, 0.6) is 0 Å². The Morgan fingerprint density at radius 1 is 1.67 bits per heavy atom. The number of nitrogens with zero attached hydrogens (tertiary/aromatic N) is 1. The highest BCUT2D eigenvalue weighted by atomic mass is 32.1. The molecule has 4 heteroatoms. The van der Waals surface area contributed by atoms with E-state index in [1.54, 1.807) is 0 Å². The molecule has 0 aliphatic rings. The van der Waals surface area contributed by atoms with Crippen molar-refractivity contribution in [3.05, 3.63) is 0 Å². The van der Waals surface area contributed by atoms with Crippen molar-refractivity contribution in [3.8, 4) is 0 Å². The number of thiol groups is 1. The minimum absolute atomic E-state index is 0.264. The van der Waals surface area contributed by atoms with E-state index in [1.165, 1.54) is 5.01 Å². The molecule has 0 heterocycles. The summed E-state index contributed by atoms with van der Waals surface area (Å²) in [5, 5.41) is 1.52. The zero-order valence-electron chi connectivity index (χ0n) is 5.87. The van der Waals surface area contributed by atoms with Gasteiger partial charge in [0, 0.05) is 13.2 Å². The summed E-state index contributed by atoms with van der Waals surface area (Å²) in [5.74, 6) is 5.43. The third-order valence-corrected chi connectivity index (χ3v) is 1.41. The molecule has 2 N–H and O–H groups in total. The molecule has 56 valence electrons. The Bertz CT molecular complexity index is 72.0. The quantitative estimate of drug-likeness (QED) is 0.264. The number of ether oxygens (including phenoxy) is 1. The van der Waals surface area contributed by atoms with Crippen LogP contribution in [0.2, 0.25) is 0 Å². The van der Waals surface area contributed by atoms with Gasteiger partial charge in [-0.3, -0.25) is 5.84 Å². The van der Waals surface area contributed by atoms with Gasteiger partial charge in [0.25, 0.3) is 0 Å². The van der Waals surface area contributed by atoms with Gasteiger partial charge in [-0.1, -0.05) is 6.92 Å². The lowest BCUT2D eigenvalue weighted by Gasteiger charge is -2.20. The van der Waals surface area contributed by atoms with Gasteiger partial charge in [-0.05, 0) is 6.92 Å². The number of hydrogen-bond acceptors (Lipinski definition) is 4. The molecule has 0 rings (SSSR count). The van der Waals surface area contributed by atoms with Crippen molar-refractivity contribution in [3.63, 3.8) is 0 Å². The van der Waals surface area contributed by atoms with E-state index >= 15 is 0 Å². The Labute approximate surface area is 61.5 Å². The van der Waals surface area contributed by atoms with E-state index in [9.17, 15) is 0 Å². The van der Waals surface area contributed by atoms with Crippen molar-refractivity contribution in [1.82, 2.24) is 5.01 Å². The summed E-state index contributed by atoms with van der Waals surface area (Å²) in [6.45, 7) is 5.24.